The molecule has 18 nitrogen and oxygen atoms in total. The number of unbranched alkanes of at least 4 members (excludes halogenated alkanes) is 1. The largest absolute Gasteiger partial charge is 0.451 e. The third-order valence-corrected chi connectivity index (χ3v) is 10.3. The lowest BCUT2D eigenvalue weighted by Gasteiger charge is -2.32. The molecule has 1 saturated heterocycles. The van der Waals surface area contributed by atoms with E-state index in [4.69, 9.17) is 14.9 Å². The van der Waals surface area contributed by atoms with Crippen molar-refractivity contribution in [3.8, 4) is 0 Å². The zero-order valence-corrected chi connectivity index (χ0v) is 31.7. The first kappa shape index (κ1) is 41.5. The van der Waals surface area contributed by atoms with E-state index < -0.39 is 65.3 Å². The molecular formula is C38H51N9O9. The van der Waals surface area contributed by atoms with Crippen molar-refractivity contribution in [2.24, 2.45) is 11.7 Å². The monoisotopic (exact) mass is 777 g/mol. The SMILES string of the molecule is CC(C)(O)c1cnnn1[C@H]1C[C@@H](C(=O)NC(CCCCNC(=O)OCc2ccccc2)C(=O)C(N)=O)N(C(=O)[C@@H](CC2CCCCC2)NC(=O)c2cocn2)C1. The molecule has 3 aromatic rings. The fourth-order valence-electron chi connectivity index (χ4n) is 7.32. The van der Waals surface area contributed by atoms with E-state index in [0.29, 0.717) is 25.0 Å². The summed E-state index contributed by atoms with van der Waals surface area (Å²) in [4.78, 5) is 84.5. The van der Waals surface area contributed by atoms with Gasteiger partial charge in [0.1, 0.15) is 30.6 Å². The molecule has 0 radical (unpaired) electrons. The summed E-state index contributed by atoms with van der Waals surface area (Å²) < 4.78 is 11.7. The maximum absolute atomic E-state index is 14.6. The van der Waals surface area contributed by atoms with Crippen LogP contribution >= 0.6 is 0 Å². The van der Waals surface area contributed by atoms with Crippen molar-refractivity contribution in [3.63, 3.8) is 0 Å². The second-order valence-corrected chi connectivity index (χ2v) is 14.9. The molecule has 0 spiro atoms. The number of carbonyl (C=O) groups is 6. The van der Waals surface area contributed by atoms with E-state index >= 15 is 0 Å². The molecular weight excluding hydrogens is 726 g/mol. The van der Waals surface area contributed by atoms with E-state index in [2.05, 4.69) is 31.2 Å². The molecule has 18 heteroatoms. The fourth-order valence-corrected chi connectivity index (χ4v) is 7.32. The number of ketones is 1. The average molecular weight is 778 g/mol. The van der Waals surface area contributed by atoms with E-state index in [1.807, 2.05) is 30.3 Å². The van der Waals surface area contributed by atoms with Gasteiger partial charge >= 0.3 is 6.09 Å². The Hall–Kier alpha value is -5.65. The van der Waals surface area contributed by atoms with Crippen LogP contribution in [-0.4, -0.2) is 96.7 Å². The summed E-state index contributed by atoms with van der Waals surface area (Å²) in [5, 5.41) is 27.1. The first-order chi connectivity index (χ1) is 26.8. The van der Waals surface area contributed by atoms with Gasteiger partial charge in [-0.2, -0.15) is 0 Å². The van der Waals surface area contributed by atoms with Crippen LogP contribution < -0.4 is 21.7 Å². The molecule has 5 amide bonds. The molecule has 3 heterocycles. The van der Waals surface area contributed by atoms with E-state index in [1.165, 1.54) is 22.0 Å². The summed E-state index contributed by atoms with van der Waals surface area (Å²) in [5.41, 5.74) is 5.19. The lowest BCUT2D eigenvalue weighted by atomic mass is 9.84. The number of carbonyl (C=O) groups excluding carboxylic acids is 6. The highest BCUT2D eigenvalue weighted by Gasteiger charge is 2.45. The number of nitrogens with two attached hydrogens (primary N) is 1. The first-order valence-electron chi connectivity index (χ1n) is 19.0. The molecule has 0 bridgehead atoms. The number of Topliss-reactive ketones (excluding diaryl/α,β-unsaturated/α-hetero) is 1. The molecule has 56 heavy (non-hydrogen) atoms. The van der Waals surface area contributed by atoms with Gasteiger partial charge in [0, 0.05) is 19.5 Å². The number of amides is 5. The highest BCUT2D eigenvalue weighted by atomic mass is 16.5. The normalized spacial score (nSPS) is 18.4. The minimum atomic E-state index is -1.36. The van der Waals surface area contributed by atoms with Crippen LogP contribution in [0.15, 0.2) is 53.6 Å². The number of alkyl carbamates (subject to hydrolysis) is 1. The summed E-state index contributed by atoms with van der Waals surface area (Å²) in [6.45, 7) is 3.39. The number of nitrogens with one attached hydrogen (secondary N) is 3. The maximum atomic E-state index is 14.6. The number of hydrogen-bond acceptors (Lipinski definition) is 12. The highest BCUT2D eigenvalue weighted by Crippen LogP contribution is 2.33. The Labute approximate surface area is 324 Å². The Balaban J connectivity index is 1.31. The topological polar surface area (TPSA) is 254 Å². The number of aromatic nitrogens is 4. The van der Waals surface area contributed by atoms with E-state index in [9.17, 15) is 33.9 Å². The maximum Gasteiger partial charge on any atom is 0.407 e. The van der Waals surface area contributed by atoms with Crippen LogP contribution in [0, 0.1) is 5.92 Å². The molecule has 4 atom stereocenters. The van der Waals surface area contributed by atoms with Gasteiger partial charge < -0.3 is 40.8 Å². The lowest BCUT2D eigenvalue weighted by Crippen LogP contribution is -2.56. The van der Waals surface area contributed by atoms with Crippen LogP contribution in [0.25, 0.3) is 0 Å². The van der Waals surface area contributed by atoms with E-state index in [0.717, 1.165) is 44.1 Å². The highest BCUT2D eigenvalue weighted by molar-refractivity contribution is 6.37. The number of primary amides is 1. The van der Waals surface area contributed by atoms with Gasteiger partial charge in [-0.3, -0.25) is 24.0 Å². The van der Waals surface area contributed by atoms with Gasteiger partial charge in [-0.25, -0.2) is 14.5 Å². The molecule has 1 aromatic carbocycles. The van der Waals surface area contributed by atoms with Gasteiger partial charge in [0.05, 0.1) is 24.0 Å². The smallest absolute Gasteiger partial charge is 0.407 e. The molecule has 2 aromatic heterocycles. The fraction of sp³-hybridized carbons (Fsp3) is 0.553. The summed E-state index contributed by atoms with van der Waals surface area (Å²) >= 11 is 0. The van der Waals surface area contributed by atoms with Gasteiger partial charge in [0.2, 0.25) is 17.6 Å². The lowest BCUT2D eigenvalue weighted by molar-refractivity contribution is -0.142. The van der Waals surface area contributed by atoms with Gasteiger partial charge in [-0.15, -0.1) is 5.10 Å². The quantitative estimate of drug-likeness (QED) is 0.0919. The Morgan fingerprint density at radius 3 is 2.46 bits per heavy atom. The Kier molecular flexibility index (Phi) is 14.3. The van der Waals surface area contributed by atoms with E-state index in [-0.39, 0.29) is 44.1 Å². The minimum absolute atomic E-state index is 0.00967. The molecule has 6 N–H and O–H groups in total. The number of benzene rings is 1. The molecule has 302 valence electrons. The van der Waals surface area contributed by atoms with Gasteiger partial charge in [-0.1, -0.05) is 67.6 Å². The third-order valence-electron chi connectivity index (χ3n) is 10.3. The molecule has 2 aliphatic rings. The second-order valence-electron chi connectivity index (χ2n) is 14.9. The number of ether oxygens (including phenoxy) is 1. The van der Waals surface area contributed by atoms with Crippen LogP contribution in [0.2, 0.25) is 0 Å². The molecule has 1 aliphatic heterocycles. The summed E-state index contributed by atoms with van der Waals surface area (Å²) in [6, 6.07) is 5.03. The second kappa shape index (κ2) is 19.3. The van der Waals surface area contributed by atoms with Crippen molar-refractivity contribution in [2.45, 2.75) is 114 Å². The van der Waals surface area contributed by atoms with Crippen molar-refractivity contribution >= 4 is 35.5 Å². The van der Waals surface area contributed by atoms with Gasteiger partial charge in [0.15, 0.2) is 12.1 Å². The van der Waals surface area contributed by atoms with Crippen molar-refractivity contribution in [1.29, 1.82) is 0 Å². The van der Waals surface area contributed by atoms with Crippen molar-refractivity contribution in [2.75, 3.05) is 13.1 Å². The predicted molar refractivity (Wildman–Crippen MR) is 198 cm³/mol. The van der Waals surface area contributed by atoms with Crippen molar-refractivity contribution in [3.05, 3.63) is 66.1 Å². The Morgan fingerprint density at radius 1 is 1.04 bits per heavy atom. The number of nitrogens with zero attached hydrogens (tertiary/aromatic N) is 5. The van der Waals surface area contributed by atoms with Gasteiger partial charge in [0.25, 0.3) is 11.8 Å². The molecule has 1 aliphatic carbocycles. The molecule has 2 fully saturated rings. The summed E-state index contributed by atoms with van der Waals surface area (Å²) in [5.74, 6) is -3.96. The molecule has 5 rings (SSSR count). The van der Waals surface area contributed by atoms with Crippen molar-refractivity contribution in [1.82, 2.24) is 40.8 Å². The zero-order chi connectivity index (χ0) is 40.2. The number of aliphatic hydroxyl groups is 1. The number of rotatable bonds is 18. The van der Waals surface area contributed by atoms with Crippen molar-refractivity contribution < 1.29 is 43.0 Å². The van der Waals surface area contributed by atoms with E-state index in [1.54, 1.807) is 13.8 Å². The number of likely N-dealkylation sites (tertiary alicyclic amines) is 1. The third kappa shape index (κ3) is 11.2. The molecule has 1 saturated carbocycles. The van der Waals surface area contributed by atoms with Crippen LogP contribution in [0.1, 0.15) is 106 Å². The van der Waals surface area contributed by atoms with Crippen LogP contribution in [0.3, 0.4) is 0 Å². The van der Waals surface area contributed by atoms with Gasteiger partial charge in [-0.05, 0) is 51.0 Å². The summed E-state index contributed by atoms with van der Waals surface area (Å²) in [6.07, 6.45) is 8.96. The average Bonchev–Trinajstić information content (AvgIpc) is 3.98. The summed E-state index contributed by atoms with van der Waals surface area (Å²) in [7, 11) is 0. The molecule has 1 unspecified atom stereocenters. The Morgan fingerprint density at radius 2 is 1.79 bits per heavy atom. The zero-order valence-electron chi connectivity index (χ0n) is 31.7. The van der Waals surface area contributed by atoms with Crippen LogP contribution in [0.4, 0.5) is 4.79 Å². The number of hydrogen-bond donors (Lipinski definition) is 5. The van der Waals surface area contributed by atoms with Crippen LogP contribution in [-0.2, 0) is 36.1 Å². The van der Waals surface area contributed by atoms with Crippen LogP contribution in [0.5, 0.6) is 0 Å². The standard InChI is InChI=1S/C38H51N9O9/c1-38(2,54)31-19-42-45-47(31)26-18-30(46(20-26)36(52)28(17-24-11-5-3-6-12-24)44-34(50)29-22-55-23-41-29)35(51)43-27(32(48)33(39)49)15-9-10-16-40-37(53)56-21-25-13-7-4-8-14-25/h4,7-8,13-14,19,22-24,26-28,30,54H,3,5-6,9-12,15-18,20-21H2,1-2H3,(H2,39,49)(H,40,53)(H,43,51)(H,44,50)/t26-,27?,28+,30-/m0/s1. The predicted octanol–water partition coefficient (Wildman–Crippen LogP) is 2.04. The Bertz CT molecular complexity index is 1800. The number of oxazole rings is 1. The first-order valence-corrected chi connectivity index (χ1v) is 19.0. The minimum Gasteiger partial charge on any atom is -0.451 e.